The van der Waals surface area contributed by atoms with Gasteiger partial charge in [0.05, 0.1) is 10.6 Å². The van der Waals surface area contributed by atoms with Gasteiger partial charge < -0.3 is 10.1 Å². The van der Waals surface area contributed by atoms with Gasteiger partial charge in [-0.15, -0.1) is 0 Å². The fraction of sp³-hybridized carbons (Fsp3) is 0.208. The summed E-state index contributed by atoms with van der Waals surface area (Å²) in [6.45, 7) is -0.646. The molecule has 1 amide bonds. The molecule has 0 aliphatic rings. The minimum absolute atomic E-state index is 0.0761. The second kappa shape index (κ2) is 10.4. The van der Waals surface area contributed by atoms with Crippen molar-refractivity contribution in [2.75, 3.05) is 17.9 Å². The zero-order valence-corrected chi connectivity index (χ0v) is 19.0. The van der Waals surface area contributed by atoms with E-state index < -0.39 is 16.6 Å². The highest BCUT2D eigenvalue weighted by Gasteiger charge is 2.21. The Morgan fingerprint density at radius 1 is 0.970 bits per heavy atom. The Morgan fingerprint density at radius 2 is 1.58 bits per heavy atom. The summed E-state index contributed by atoms with van der Waals surface area (Å²) in [6, 6.07) is 19.1. The largest absolute Gasteiger partial charge is 0.435 e. The highest BCUT2D eigenvalue weighted by Crippen LogP contribution is 2.23. The third-order valence-corrected chi connectivity index (χ3v) is 6.82. The van der Waals surface area contributed by atoms with E-state index in [9.17, 15) is 22.0 Å². The Bertz CT molecular complexity index is 1180. The second-order valence-corrected chi connectivity index (χ2v) is 9.33. The van der Waals surface area contributed by atoms with E-state index in [1.54, 1.807) is 60.7 Å². The first-order valence-corrected chi connectivity index (χ1v) is 11.6. The van der Waals surface area contributed by atoms with E-state index in [-0.39, 0.29) is 16.6 Å². The maximum atomic E-state index is 12.8. The number of alkyl halides is 2. The number of anilines is 1. The van der Waals surface area contributed by atoms with Gasteiger partial charge in [-0.05, 0) is 67.4 Å². The van der Waals surface area contributed by atoms with Gasteiger partial charge in [0.25, 0.3) is 15.9 Å². The number of benzene rings is 3. The Balaban J connectivity index is 1.57. The van der Waals surface area contributed by atoms with Crippen LogP contribution in [0.15, 0.2) is 77.7 Å². The lowest BCUT2D eigenvalue weighted by atomic mass is 10.1. The summed E-state index contributed by atoms with van der Waals surface area (Å²) in [5.41, 5.74) is 2.64. The Labute approximate surface area is 191 Å². The minimum Gasteiger partial charge on any atom is -0.435 e. The Morgan fingerprint density at radius 3 is 2.15 bits per heavy atom. The lowest BCUT2D eigenvalue weighted by Gasteiger charge is -2.20. The van der Waals surface area contributed by atoms with Crippen molar-refractivity contribution in [1.82, 2.24) is 5.32 Å². The van der Waals surface area contributed by atoms with Crippen LogP contribution >= 0.6 is 0 Å². The van der Waals surface area contributed by atoms with Crippen LogP contribution < -0.4 is 14.4 Å². The lowest BCUT2D eigenvalue weighted by molar-refractivity contribution is -0.0498. The monoisotopic (exact) mass is 474 g/mol. The number of carbonyl (C=O) groups is 1. The van der Waals surface area contributed by atoms with Gasteiger partial charge in [-0.25, -0.2) is 8.42 Å². The maximum Gasteiger partial charge on any atom is 0.387 e. The molecule has 0 unspecified atom stereocenters. The van der Waals surface area contributed by atoms with Gasteiger partial charge in [-0.1, -0.05) is 29.8 Å². The molecule has 0 aliphatic carbocycles. The smallest absolute Gasteiger partial charge is 0.387 e. The number of amides is 1. The Hall–Kier alpha value is -3.46. The van der Waals surface area contributed by atoms with Gasteiger partial charge in [-0.2, -0.15) is 8.78 Å². The first-order valence-electron chi connectivity index (χ1n) is 10.1. The topological polar surface area (TPSA) is 75.7 Å². The van der Waals surface area contributed by atoms with E-state index >= 15 is 0 Å². The zero-order valence-electron chi connectivity index (χ0n) is 18.2. The third kappa shape index (κ3) is 6.29. The molecule has 9 heteroatoms. The van der Waals surface area contributed by atoms with Crippen molar-refractivity contribution < 1.29 is 26.7 Å². The van der Waals surface area contributed by atoms with Gasteiger partial charge in [0, 0.05) is 19.2 Å². The summed E-state index contributed by atoms with van der Waals surface area (Å²) in [5.74, 6) is -0.226. The van der Waals surface area contributed by atoms with Gasteiger partial charge in [-0.3, -0.25) is 9.10 Å². The number of aryl methyl sites for hydroxylation is 1. The quantitative estimate of drug-likeness (QED) is 0.499. The average Bonchev–Trinajstić information content (AvgIpc) is 2.79. The summed E-state index contributed by atoms with van der Waals surface area (Å²) >= 11 is 0. The SMILES string of the molecule is Cc1ccc(S(=O)(=O)N(C)c2ccc(C(=O)NCCc3ccc(OC(F)F)cc3)cc2)cc1. The molecule has 0 saturated heterocycles. The molecule has 33 heavy (non-hydrogen) atoms. The predicted molar refractivity (Wildman–Crippen MR) is 122 cm³/mol. The normalized spacial score (nSPS) is 11.3. The first-order chi connectivity index (χ1) is 15.7. The zero-order chi connectivity index (χ0) is 24.0. The van der Waals surface area contributed by atoms with Crippen LogP contribution in [-0.4, -0.2) is 34.5 Å². The minimum atomic E-state index is -3.71. The molecule has 3 rings (SSSR count). The molecular weight excluding hydrogens is 450 g/mol. The van der Waals surface area contributed by atoms with Crippen molar-refractivity contribution in [3.8, 4) is 5.75 Å². The van der Waals surface area contributed by atoms with Crippen LogP contribution in [0.4, 0.5) is 14.5 Å². The molecule has 3 aromatic carbocycles. The molecule has 3 aromatic rings. The fourth-order valence-corrected chi connectivity index (χ4v) is 4.29. The van der Waals surface area contributed by atoms with E-state index in [1.807, 2.05) is 6.92 Å². The van der Waals surface area contributed by atoms with Crippen molar-refractivity contribution in [2.45, 2.75) is 24.9 Å². The number of hydrogen-bond acceptors (Lipinski definition) is 4. The van der Waals surface area contributed by atoms with Crippen molar-refractivity contribution in [2.24, 2.45) is 0 Å². The first kappa shape index (κ1) is 24.2. The highest BCUT2D eigenvalue weighted by atomic mass is 32.2. The fourth-order valence-electron chi connectivity index (χ4n) is 3.09. The van der Waals surface area contributed by atoms with Crippen LogP contribution in [-0.2, 0) is 16.4 Å². The molecule has 0 atom stereocenters. The van der Waals surface area contributed by atoms with Crippen LogP contribution in [0.3, 0.4) is 0 Å². The van der Waals surface area contributed by atoms with Crippen molar-refractivity contribution in [1.29, 1.82) is 0 Å². The number of carbonyl (C=O) groups excluding carboxylic acids is 1. The molecule has 0 aliphatic heterocycles. The highest BCUT2D eigenvalue weighted by molar-refractivity contribution is 7.92. The predicted octanol–water partition coefficient (Wildman–Crippen LogP) is 4.39. The molecule has 0 spiro atoms. The van der Waals surface area contributed by atoms with Crippen LogP contribution in [0, 0.1) is 6.92 Å². The Kier molecular flexibility index (Phi) is 7.65. The van der Waals surface area contributed by atoms with Gasteiger partial charge in [0.2, 0.25) is 0 Å². The molecule has 0 saturated carbocycles. The molecular formula is C24H24F2N2O4S. The van der Waals surface area contributed by atoms with Crippen molar-refractivity contribution in [3.05, 3.63) is 89.5 Å². The number of nitrogens with zero attached hydrogens (tertiary/aromatic N) is 1. The number of ether oxygens (including phenoxy) is 1. The standard InChI is InChI=1S/C24H24F2N2O4S/c1-17-3-13-22(14-4-17)33(30,31)28(2)20-9-7-19(8-10-20)23(29)27-16-15-18-5-11-21(12-6-18)32-24(25)26/h3-14,24H,15-16H2,1-2H3,(H,27,29). The van der Waals surface area contributed by atoms with Gasteiger partial charge in [0.15, 0.2) is 0 Å². The molecule has 0 aromatic heterocycles. The summed E-state index contributed by atoms with van der Waals surface area (Å²) in [4.78, 5) is 12.6. The number of hydrogen-bond donors (Lipinski definition) is 1. The molecule has 174 valence electrons. The molecule has 0 bridgehead atoms. The summed E-state index contributed by atoms with van der Waals surface area (Å²) in [5, 5.41) is 2.78. The molecule has 1 N–H and O–H groups in total. The van der Waals surface area contributed by atoms with E-state index in [0.717, 1.165) is 11.1 Å². The number of halogens is 2. The van der Waals surface area contributed by atoms with Crippen molar-refractivity contribution >= 4 is 21.6 Å². The molecule has 0 heterocycles. The second-order valence-electron chi connectivity index (χ2n) is 7.36. The van der Waals surface area contributed by atoms with Crippen molar-refractivity contribution in [3.63, 3.8) is 0 Å². The van der Waals surface area contributed by atoms with Crippen LogP contribution in [0.1, 0.15) is 21.5 Å². The van der Waals surface area contributed by atoms with E-state index in [4.69, 9.17) is 0 Å². The van der Waals surface area contributed by atoms with Crippen LogP contribution in [0.5, 0.6) is 5.75 Å². The van der Waals surface area contributed by atoms with E-state index in [1.165, 1.54) is 23.5 Å². The summed E-state index contributed by atoms with van der Waals surface area (Å²) in [6.07, 6.45) is 0.510. The molecule has 0 radical (unpaired) electrons. The number of sulfonamides is 1. The average molecular weight is 475 g/mol. The summed E-state index contributed by atoms with van der Waals surface area (Å²) < 4.78 is 55.5. The third-order valence-electron chi connectivity index (χ3n) is 5.02. The van der Waals surface area contributed by atoms with E-state index in [2.05, 4.69) is 10.1 Å². The number of nitrogens with one attached hydrogen (secondary N) is 1. The van der Waals surface area contributed by atoms with Crippen LogP contribution in [0.25, 0.3) is 0 Å². The molecule has 6 nitrogen and oxygen atoms in total. The number of rotatable bonds is 9. The van der Waals surface area contributed by atoms with Gasteiger partial charge in [0.1, 0.15) is 5.75 Å². The molecule has 0 fully saturated rings. The lowest BCUT2D eigenvalue weighted by Crippen LogP contribution is -2.27. The van der Waals surface area contributed by atoms with E-state index in [0.29, 0.717) is 24.2 Å². The maximum absolute atomic E-state index is 12.8. The van der Waals surface area contributed by atoms with Crippen LogP contribution in [0.2, 0.25) is 0 Å². The van der Waals surface area contributed by atoms with Gasteiger partial charge >= 0.3 is 6.61 Å². The summed E-state index contributed by atoms with van der Waals surface area (Å²) in [7, 11) is -2.25.